The summed E-state index contributed by atoms with van der Waals surface area (Å²) in [4.78, 5) is 34.6. The summed E-state index contributed by atoms with van der Waals surface area (Å²) in [5.74, 6) is -0.697. The molecule has 0 saturated carbocycles. The molecule has 1 atom stereocenters. The van der Waals surface area contributed by atoms with E-state index < -0.39 is 30.6 Å². The molecule has 0 radical (unpaired) electrons. The molecule has 7 heteroatoms. The minimum Gasteiger partial charge on any atom is -0.454 e. The lowest BCUT2D eigenvalue weighted by molar-refractivity contribution is -0.148. The third-order valence-corrected chi connectivity index (χ3v) is 3.70. The first-order chi connectivity index (χ1) is 11.6. The molecular weight excluding hydrogens is 322 g/mol. The Hall–Kier alpha value is -2.57. The fraction of sp³-hybridized carbons (Fsp3) is 0.500. The summed E-state index contributed by atoms with van der Waals surface area (Å²) in [6.07, 6.45) is 0. The topological polar surface area (TPSA) is 111 Å². The van der Waals surface area contributed by atoms with Crippen molar-refractivity contribution in [3.8, 4) is 0 Å². The van der Waals surface area contributed by atoms with Gasteiger partial charge in [0.25, 0.3) is 5.91 Å². The number of primary amides is 1. The van der Waals surface area contributed by atoms with Gasteiger partial charge in [-0.1, -0.05) is 45.9 Å². The van der Waals surface area contributed by atoms with Crippen LogP contribution in [0.25, 0.3) is 0 Å². The Bertz CT molecular complexity index is 615. The molecule has 138 valence electrons. The standard InChI is InChI=1S/C18H27N3O4/c1-10(2)13-7-6-8-14(11(3)4)16(13)21-15(22)9-25-17(23)12(5)20-18(19)24/h6-8,10-12H,9H2,1-5H3,(H,21,22)(H3,19,20,24)/t12-/m0/s1. The molecule has 0 bridgehead atoms. The van der Waals surface area contributed by atoms with Crippen LogP contribution in [0.3, 0.4) is 0 Å². The first kappa shape index (κ1) is 20.5. The predicted molar refractivity (Wildman–Crippen MR) is 96.4 cm³/mol. The maximum Gasteiger partial charge on any atom is 0.328 e. The Morgan fingerprint density at radius 1 is 1.04 bits per heavy atom. The summed E-state index contributed by atoms with van der Waals surface area (Å²) in [5, 5.41) is 5.05. The third-order valence-electron chi connectivity index (χ3n) is 3.70. The van der Waals surface area contributed by atoms with E-state index in [0.717, 1.165) is 16.8 Å². The van der Waals surface area contributed by atoms with Gasteiger partial charge >= 0.3 is 12.0 Å². The molecule has 0 saturated heterocycles. The number of nitrogens with two attached hydrogens (primary N) is 1. The highest BCUT2D eigenvalue weighted by Gasteiger charge is 2.19. The zero-order valence-electron chi connectivity index (χ0n) is 15.4. The number of esters is 1. The molecule has 0 aliphatic heterocycles. The first-order valence-corrected chi connectivity index (χ1v) is 8.28. The minimum atomic E-state index is -0.917. The number of para-hydroxylation sites is 1. The van der Waals surface area contributed by atoms with Gasteiger partial charge in [0.2, 0.25) is 0 Å². The molecule has 1 rings (SSSR count). The molecule has 1 aromatic rings. The van der Waals surface area contributed by atoms with E-state index in [1.807, 2.05) is 45.9 Å². The normalized spacial score (nSPS) is 12.0. The molecule has 0 aromatic heterocycles. The maximum atomic E-state index is 12.2. The Morgan fingerprint density at radius 2 is 1.56 bits per heavy atom. The third kappa shape index (κ3) is 6.10. The summed E-state index contributed by atoms with van der Waals surface area (Å²) >= 11 is 0. The van der Waals surface area contributed by atoms with Crippen LogP contribution in [0.5, 0.6) is 0 Å². The largest absolute Gasteiger partial charge is 0.454 e. The molecule has 4 N–H and O–H groups in total. The van der Waals surface area contributed by atoms with E-state index in [9.17, 15) is 14.4 Å². The second-order valence-corrected chi connectivity index (χ2v) is 6.51. The van der Waals surface area contributed by atoms with E-state index in [0.29, 0.717) is 0 Å². The molecule has 0 fully saturated rings. The minimum absolute atomic E-state index is 0.233. The number of urea groups is 1. The molecular formula is C18H27N3O4. The van der Waals surface area contributed by atoms with Crippen LogP contribution in [-0.4, -0.2) is 30.6 Å². The van der Waals surface area contributed by atoms with Crippen molar-refractivity contribution in [1.29, 1.82) is 0 Å². The van der Waals surface area contributed by atoms with Crippen molar-refractivity contribution in [2.24, 2.45) is 5.73 Å². The summed E-state index contributed by atoms with van der Waals surface area (Å²) < 4.78 is 4.92. The highest BCUT2D eigenvalue weighted by molar-refractivity contribution is 5.95. The molecule has 7 nitrogen and oxygen atoms in total. The molecule has 0 aliphatic rings. The number of hydrogen-bond acceptors (Lipinski definition) is 4. The number of hydrogen-bond donors (Lipinski definition) is 3. The average Bonchev–Trinajstić information content (AvgIpc) is 2.51. The van der Waals surface area contributed by atoms with Gasteiger partial charge in [-0.2, -0.15) is 0 Å². The van der Waals surface area contributed by atoms with E-state index in [1.165, 1.54) is 6.92 Å². The van der Waals surface area contributed by atoms with E-state index in [2.05, 4.69) is 10.6 Å². The van der Waals surface area contributed by atoms with Crippen LogP contribution in [0.4, 0.5) is 10.5 Å². The van der Waals surface area contributed by atoms with Crippen LogP contribution < -0.4 is 16.4 Å². The number of benzene rings is 1. The van der Waals surface area contributed by atoms with Crippen molar-refractivity contribution in [2.75, 3.05) is 11.9 Å². The second-order valence-electron chi connectivity index (χ2n) is 6.51. The Balaban J connectivity index is 2.80. The van der Waals surface area contributed by atoms with Crippen LogP contribution >= 0.6 is 0 Å². The number of carbonyl (C=O) groups excluding carboxylic acids is 3. The van der Waals surface area contributed by atoms with Crippen molar-refractivity contribution in [1.82, 2.24) is 5.32 Å². The molecule has 0 unspecified atom stereocenters. The van der Waals surface area contributed by atoms with Gasteiger partial charge in [0.1, 0.15) is 6.04 Å². The van der Waals surface area contributed by atoms with Gasteiger partial charge in [-0.15, -0.1) is 0 Å². The number of rotatable bonds is 7. The molecule has 0 aliphatic carbocycles. The SMILES string of the molecule is CC(C)c1cccc(C(C)C)c1NC(=O)COC(=O)[C@H](C)NC(N)=O. The second kappa shape index (κ2) is 9.05. The summed E-state index contributed by atoms with van der Waals surface area (Å²) in [5.41, 5.74) is 7.75. The van der Waals surface area contributed by atoms with Crippen molar-refractivity contribution in [2.45, 2.75) is 52.5 Å². The maximum absolute atomic E-state index is 12.2. The summed E-state index contributed by atoms with van der Waals surface area (Å²) in [6.45, 7) is 9.18. The van der Waals surface area contributed by atoms with Gasteiger partial charge in [-0.3, -0.25) is 4.79 Å². The average molecular weight is 349 g/mol. The molecule has 25 heavy (non-hydrogen) atoms. The number of amides is 3. The number of nitrogens with one attached hydrogen (secondary N) is 2. The lowest BCUT2D eigenvalue weighted by atomic mass is 9.92. The molecule has 0 spiro atoms. The lowest BCUT2D eigenvalue weighted by Crippen LogP contribution is -2.43. The van der Waals surface area contributed by atoms with Gasteiger partial charge in [-0.05, 0) is 29.9 Å². The monoisotopic (exact) mass is 349 g/mol. The van der Waals surface area contributed by atoms with Crippen LogP contribution in [0.2, 0.25) is 0 Å². The lowest BCUT2D eigenvalue weighted by Gasteiger charge is -2.20. The van der Waals surface area contributed by atoms with Crippen LogP contribution in [0, 0.1) is 0 Å². The van der Waals surface area contributed by atoms with Crippen LogP contribution in [0.1, 0.15) is 57.6 Å². The zero-order chi connectivity index (χ0) is 19.1. The predicted octanol–water partition coefficient (Wildman–Crippen LogP) is 2.47. The Morgan fingerprint density at radius 3 is 2.00 bits per heavy atom. The smallest absolute Gasteiger partial charge is 0.328 e. The fourth-order valence-electron chi connectivity index (χ4n) is 2.40. The van der Waals surface area contributed by atoms with Gasteiger partial charge in [0.05, 0.1) is 0 Å². The van der Waals surface area contributed by atoms with Gasteiger partial charge < -0.3 is 21.1 Å². The highest BCUT2D eigenvalue weighted by Crippen LogP contribution is 2.32. The number of anilines is 1. The van der Waals surface area contributed by atoms with Gasteiger partial charge in [0, 0.05) is 5.69 Å². The quantitative estimate of drug-likeness (QED) is 0.657. The number of ether oxygens (including phenoxy) is 1. The van der Waals surface area contributed by atoms with E-state index in [4.69, 9.17) is 10.5 Å². The molecule has 3 amide bonds. The van der Waals surface area contributed by atoms with Crippen LogP contribution in [-0.2, 0) is 14.3 Å². The molecule has 0 heterocycles. The zero-order valence-corrected chi connectivity index (χ0v) is 15.4. The van der Waals surface area contributed by atoms with Crippen molar-refractivity contribution in [3.05, 3.63) is 29.3 Å². The highest BCUT2D eigenvalue weighted by atomic mass is 16.5. The fourth-order valence-corrected chi connectivity index (χ4v) is 2.40. The van der Waals surface area contributed by atoms with Crippen LogP contribution in [0.15, 0.2) is 18.2 Å². The number of carbonyl (C=O) groups is 3. The van der Waals surface area contributed by atoms with E-state index in [1.54, 1.807) is 0 Å². The van der Waals surface area contributed by atoms with E-state index >= 15 is 0 Å². The summed E-state index contributed by atoms with van der Waals surface area (Å²) in [6, 6.07) is 4.16. The van der Waals surface area contributed by atoms with Crippen molar-refractivity contribution >= 4 is 23.6 Å². The van der Waals surface area contributed by atoms with Gasteiger partial charge in [-0.25, -0.2) is 9.59 Å². The van der Waals surface area contributed by atoms with Crippen molar-refractivity contribution in [3.63, 3.8) is 0 Å². The molecule has 1 aromatic carbocycles. The van der Waals surface area contributed by atoms with E-state index in [-0.39, 0.29) is 11.8 Å². The first-order valence-electron chi connectivity index (χ1n) is 8.28. The summed E-state index contributed by atoms with van der Waals surface area (Å²) in [7, 11) is 0. The Labute approximate surface area is 148 Å². The van der Waals surface area contributed by atoms with Gasteiger partial charge in [0.15, 0.2) is 6.61 Å². The Kier molecular flexibility index (Phi) is 7.42. The van der Waals surface area contributed by atoms with Crippen molar-refractivity contribution < 1.29 is 19.1 Å².